The number of methoxy groups -OCH3 is 1. The Kier molecular flexibility index (Phi) is 4.78. The highest BCUT2D eigenvalue weighted by Gasteiger charge is 2.19. The van der Waals surface area contributed by atoms with E-state index in [2.05, 4.69) is 27.3 Å². The summed E-state index contributed by atoms with van der Waals surface area (Å²) in [6.45, 7) is 2.03. The highest BCUT2D eigenvalue weighted by atomic mass is 79.9. The summed E-state index contributed by atoms with van der Waals surface area (Å²) in [5.41, 5.74) is 2.98. The monoisotopic (exact) mass is 337 g/mol. The van der Waals surface area contributed by atoms with Gasteiger partial charge in [0.05, 0.1) is 13.2 Å². The highest BCUT2D eigenvalue weighted by Crippen LogP contribution is 2.34. The Bertz CT molecular complexity index is 615. The number of nitrogens with one attached hydrogen (secondary N) is 1. The van der Waals surface area contributed by atoms with Gasteiger partial charge in [0.2, 0.25) is 0 Å². The van der Waals surface area contributed by atoms with Gasteiger partial charge in [0, 0.05) is 10.0 Å². The van der Waals surface area contributed by atoms with Crippen molar-refractivity contribution >= 4 is 15.9 Å². The summed E-state index contributed by atoms with van der Waals surface area (Å²) in [5, 5.41) is 3.23. The van der Waals surface area contributed by atoms with Gasteiger partial charge >= 0.3 is 0 Å². The number of halogens is 2. The molecule has 4 heteroatoms. The fourth-order valence-electron chi connectivity index (χ4n) is 2.29. The van der Waals surface area contributed by atoms with Crippen molar-refractivity contribution in [2.24, 2.45) is 0 Å². The molecule has 1 N–H and O–H groups in total. The minimum Gasteiger partial charge on any atom is -0.496 e. The van der Waals surface area contributed by atoms with Crippen LogP contribution in [0.15, 0.2) is 40.9 Å². The van der Waals surface area contributed by atoms with Gasteiger partial charge in [0.25, 0.3) is 0 Å². The molecule has 0 heterocycles. The number of rotatable bonds is 4. The van der Waals surface area contributed by atoms with Crippen molar-refractivity contribution in [3.8, 4) is 5.75 Å². The molecule has 2 nitrogen and oxygen atoms in total. The van der Waals surface area contributed by atoms with Gasteiger partial charge in [-0.3, -0.25) is 0 Å². The maximum Gasteiger partial charge on any atom is 0.124 e. The second-order valence-electron chi connectivity index (χ2n) is 4.63. The van der Waals surface area contributed by atoms with Gasteiger partial charge in [0.1, 0.15) is 11.6 Å². The number of hydrogen-bond acceptors (Lipinski definition) is 2. The van der Waals surface area contributed by atoms with Gasteiger partial charge < -0.3 is 10.1 Å². The van der Waals surface area contributed by atoms with Crippen molar-refractivity contribution in [3.63, 3.8) is 0 Å². The first-order chi connectivity index (χ1) is 9.56. The van der Waals surface area contributed by atoms with E-state index in [1.165, 1.54) is 12.1 Å². The van der Waals surface area contributed by atoms with Crippen molar-refractivity contribution in [1.29, 1.82) is 0 Å². The minimum absolute atomic E-state index is 0.144. The average Bonchev–Trinajstić information content (AvgIpc) is 2.44. The topological polar surface area (TPSA) is 21.3 Å². The van der Waals surface area contributed by atoms with E-state index in [1.54, 1.807) is 13.2 Å². The molecule has 106 valence electrons. The third kappa shape index (κ3) is 3.02. The van der Waals surface area contributed by atoms with Gasteiger partial charge in [-0.15, -0.1) is 0 Å². The molecule has 2 rings (SSSR count). The molecule has 0 aliphatic heterocycles. The molecule has 0 amide bonds. The van der Waals surface area contributed by atoms with Crippen molar-refractivity contribution < 1.29 is 9.13 Å². The van der Waals surface area contributed by atoms with Gasteiger partial charge in [-0.1, -0.05) is 33.6 Å². The molecule has 0 saturated carbocycles. The SMILES string of the molecule is CNC(c1cc(C)ccc1Br)c1cc(F)ccc1OC. The van der Waals surface area contributed by atoms with Gasteiger partial charge in [0.15, 0.2) is 0 Å². The number of aryl methyl sites for hydroxylation is 1. The Balaban J connectivity index is 2.57. The number of ether oxygens (including phenoxy) is 1. The zero-order chi connectivity index (χ0) is 14.7. The smallest absolute Gasteiger partial charge is 0.124 e. The van der Waals surface area contributed by atoms with Crippen LogP contribution < -0.4 is 10.1 Å². The van der Waals surface area contributed by atoms with Crippen LogP contribution in [0.1, 0.15) is 22.7 Å². The summed E-state index contributed by atoms with van der Waals surface area (Å²) in [6, 6.07) is 10.5. The second kappa shape index (κ2) is 6.37. The second-order valence-corrected chi connectivity index (χ2v) is 5.49. The summed E-state index contributed by atoms with van der Waals surface area (Å²) in [4.78, 5) is 0. The lowest BCUT2D eigenvalue weighted by atomic mass is 9.96. The van der Waals surface area contributed by atoms with E-state index in [9.17, 15) is 4.39 Å². The third-order valence-electron chi connectivity index (χ3n) is 3.25. The van der Waals surface area contributed by atoms with Crippen LogP contribution in [0.3, 0.4) is 0 Å². The molecule has 0 aromatic heterocycles. The molecule has 1 atom stereocenters. The largest absolute Gasteiger partial charge is 0.496 e. The fraction of sp³-hybridized carbons (Fsp3) is 0.250. The highest BCUT2D eigenvalue weighted by molar-refractivity contribution is 9.10. The standard InChI is InChI=1S/C16H17BrFNO/c1-10-4-6-14(17)12(8-10)16(19-2)13-9-11(18)5-7-15(13)20-3/h4-9,16,19H,1-3H3. The molecule has 0 radical (unpaired) electrons. The summed E-state index contributed by atoms with van der Waals surface area (Å²) < 4.78 is 19.9. The fourth-order valence-corrected chi connectivity index (χ4v) is 2.77. The lowest BCUT2D eigenvalue weighted by molar-refractivity contribution is 0.404. The van der Waals surface area contributed by atoms with Crippen LogP contribution in [-0.4, -0.2) is 14.2 Å². The summed E-state index contributed by atoms with van der Waals surface area (Å²) in [5.74, 6) is 0.393. The molecular formula is C16H17BrFNO. The Labute approximate surface area is 127 Å². The zero-order valence-corrected chi connectivity index (χ0v) is 13.3. The van der Waals surface area contributed by atoms with E-state index in [1.807, 2.05) is 26.1 Å². The lowest BCUT2D eigenvalue weighted by Gasteiger charge is -2.21. The summed E-state index contributed by atoms with van der Waals surface area (Å²) >= 11 is 3.56. The molecule has 0 aliphatic rings. The van der Waals surface area contributed by atoms with Gasteiger partial charge in [-0.2, -0.15) is 0 Å². The first kappa shape index (κ1) is 15.0. The Hall–Kier alpha value is -1.39. The van der Waals surface area contributed by atoms with Crippen LogP contribution in [0.2, 0.25) is 0 Å². The quantitative estimate of drug-likeness (QED) is 0.902. The Morgan fingerprint density at radius 1 is 1.15 bits per heavy atom. The first-order valence-electron chi connectivity index (χ1n) is 6.33. The molecule has 0 saturated heterocycles. The van der Waals surface area contributed by atoms with Crippen LogP contribution in [0.5, 0.6) is 5.75 Å². The van der Waals surface area contributed by atoms with Crippen LogP contribution in [0.4, 0.5) is 4.39 Å². The molecule has 0 spiro atoms. The number of benzene rings is 2. The minimum atomic E-state index is -0.273. The summed E-state index contributed by atoms with van der Waals surface area (Å²) in [7, 11) is 3.44. The van der Waals surface area contributed by atoms with Crippen molar-refractivity contribution in [3.05, 3.63) is 63.4 Å². The van der Waals surface area contributed by atoms with Crippen molar-refractivity contribution in [2.45, 2.75) is 13.0 Å². The zero-order valence-electron chi connectivity index (χ0n) is 11.7. The van der Waals surface area contributed by atoms with E-state index in [-0.39, 0.29) is 11.9 Å². The van der Waals surface area contributed by atoms with E-state index < -0.39 is 0 Å². The van der Waals surface area contributed by atoms with Crippen LogP contribution in [-0.2, 0) is 0 Å². The predicted molar refractivity (Wildman–Crippen MR) is 82.7 cm³/mol. The number of hydrogen-bond donors (Lipinski definition) is 1. The van der Waals surface area contributed by atoms with Crippen LogP contribution in [0, 0.1) is 12.7 Å². The lowest BCUT2D eigenvalue weighted by Crippen LogP contribution is -2.19. The normalized spacial score (nSPS) is 12.2. The first-order valence-corrected chi connectivity index (χ1v) is 7.13. The summed E-state index contributed by atoms with van der Waals surface area (Å²) in [6.07, 6.45) is 0. The molecule has 0 bridgehead atoms. The Morgan fingerprint density at radius 2 is 1.90 bits per heavy atom. The van der Waals surface area contributed by atoms with Crippen molar-refractivity contribution in [2.75, 3.05) is 14.2 Å². The van der Waals surface area contributed by atoms with Crippen LogP contribution in [0.25, 0.3) is 0 Å². The molecule has 2 aromatic rings. The van der Waals surface area contributed by atoms with Gasteiger partial charge in [-0.05, 0) is 43.8 Å². The van der Waals surface area contributed by atoms with E-state index in [0.29, 0.717) is 5.75 Å². The molecular weight excluding hydrogens is 321 g/mol. The van der Waals surface area contributed by atoms with Crippen molar-refractivity contribution in [1.82, 2.24) is 5.32 Å². The molecule has 20 heavy (non-hydrogen) atoms. The molecule has 2 aromatic carbocycles. The molecule has 0 aliphatic carbocycles. The predicted octanol–water partition coefficient (Wildman–Crippen LogP) is 4.21. The Morgan fingerprint density at radius 3 is 2.55 bits per heavy atom. The van der Waals surface area contributed by atoms with Crippen LogP contribution >= 0.6 is 15.9 Å². The third-order valence-corrected chi connectivity index (χ3v) is 3.98. The van der Waals surface area contributed by atoms with E-state index in [4.69, 9.17) is 4.74 Å². The average molecular weight is 338 g/mol. The maximum absolute atomic E-state index is 13.6. The van der Waals surface area contributed by atoms with Gasteiger partial charge in [-0.25, -0.2) is 4.39 Å². The molecule has 0 fully saturated rings. The maximum atomic E-state index is 13.6. The van der Waals surface area contributed by atoms with E-state index in [0.717, 1.165) is 21.2 Å². The van der Waals surface area contributed by atoms with E-state index >= 15 is 0 Å². The molecule has 1 unspecified atom stereocenters.